The lowest BCUT2D eigenvalue weighted by molar-refractivity contribution is -0.121. The molecule has 12 rings (SSSR count). The predicted molar refractivity (Wildman–Crippen MR) is 393 cm³/mol. The number of amides is 3. The Morgan fingerprint density at radius 2 is 0.896 bits per heavy atom. The Hall–Kier alpha value is -9.68. The largest absolute Gasteiger partial charge is 0.397 e. The second-order valence-corrected chi connectivity index (χ2v) is 26.2. The molecule has 5 aliphatic rings. The number of para-hydroxylation sites is 8. The lowest BCUT2D eigenvalue weighted by Gasteiger charge is -2.41. The quantitative estimate of drug-likeness (QED) is 0.0248. The number of hydrogen-bond donors (Lipinski definition) is 5. The van der Waals surface area contributed by atoms with Gasteiger partial charge in [-0.2, -0.15) is 10.5 Å². The maximum atomic E-state index is 13.8. The van der Waals surface area contributed by atoms with E-state index in [4.69, 9.17) is 22.1 Å². The van der Waals surface area contributed by atoms with Gasteiger partial charge in [0.05, 0.1) is 68.8 Å². The van der Waals surface area contributed by atoms with Gasteiger partial charge in [-0.05, 0) is 188 Å². The molecule has 7 N–H and O–H groups in total. The van der Waals surface area contributed by atoms with Crippen molar-refractivity contribution in [1.82, 2.24) is 9.80 Å². The third-order valence-electron chi connectivity index (χ3n) is 19.8. The Labute approximate surface area is 569 Å². The van der Waals surface area contributed by atoms with Crippen molar-refractivity contribution in [3.8, 4) is 12.1 Å². The number of likely N-dealkylation sites (N-methyl/N-ethyl adjacent to an activating group) is 3. The van der Waals surface area contributed by atoms with Crippen molar-refractivity contribution in [2.75, 3.05) is 95.2 Å². The molecule has 502 valence electrons. The zero-order chi connectivity index (χ0) is 68.4. The first kappa shape index (κ1) is 70.6. The van der Waals surface area contributed by atoms with Crippen molar-refractivity contribution < 1.29 is 14.4 Å². The number of carbonyl (C=O) groups excluding carboxylic acids is 3. The second kappa shape index (κ2) is 33.6. The molecule has 0 aromatic heterocycles. The molecule has 17 nitrogen and oxygen atoms in total. The molecule has 5 unspecified atom stereocenters. The van der Waals surface area contributed by atoms with E-state index in [2.05, 4.69) is 72.4 Å². The van der Waals surface area contributed by atoms with Crippen molar-refractivity contribution >= 4 is 69.1 Å². The highest BCUT2D eigenvalue weighted by Crippen LogP contribution is 2.43. The number of nitrogens with one attached hydrogen (secondary N) is 3. The summed E-state index contributed by atoms with van der Waals surface area (Å²) in [5, 5.41) is 32.0. The maximum absolute atomic E-state index is 13.8. The van der Waals surface area contributed by atoms with Gasteiger partial charge >= 0.3 is 0 Å². The number of fused-ring (bicyclic) bond motifs is 3. The van der Waals surface area contributed by atoms with E-state index in [1.54, 1.807) is 24.3 Å². The SMILES string of the molecule is CC1CCCC(C)N1CCCCCN1C(=O)C(c2cccc(C#N)c2)N(C)c2ccccc21.CN1c2ccccc2NC(=O)C1c1cccc(C#N)c1.CNc1ccccc1N.C[C@@H]1CCC[C@H](C)N1CCCCCN1C(=O)C(c2cccc(C(=N)N)c2)N(C)c2ccccc21. The molecule has 96 heavy (non-hydrogen) atoms. The van der Waals surface area contributed by atoms with Crippen LogP contribution in [0.4, 0.5) is 45.5 Å². The number of nitrogen functional groups attached to an aromatic ring is 2. The van der Waals surface area contributed by atoms with Gasteiger partial charge in [-0.1, -0.05) is 117 Å². The molecule has 2 saturated heterocycles. The molecule has 0 spiro atoms. The number of rotatable bonds is 17. The minimum atomic E-state index is -0.427. The van der Waals surface area contributed by atoms with Crippen LogP contribution in [0, 0.1) is 28.1 Å². The van der Waals surface area contributed by atoms with Crippen LogP contribution in [0.2, 0.25) is 0 Å². The molecule has 0 aliphatic carbocycles. The average molecular weight is 1290 g/mol. The van der Waals surface area contributed by atoms with E-state index in [1.807, 2.05) is 186 Å². The number of piperidine rings is 2. The number of unbranched alkanes of at least 4 members (excludes halogenated alkanes) is 4. The molecule has 3 amide bonds. The Bertz CT molecular complexity index is 3860. The first-order valence-corrected chi connectivity index (χ1v) is 34.3. The fourth-order valence-corrected chi connectivity index (χ4v) is 14.6. The van der Waals surface area contributed by atoms with E-state index in [0.717, 1.165) is 114 Å². The van der Waals surface area contributed by atoms with Gasteiger partial charge in [-0.3, -0.25) is 29.6 Å². The van der Waals surface area contributed by atoms with Crippen LogP contribution in [-0.2, 0) is 14.4 Å². The van der Waals surface area contributed by atoms with Crippen molar-refractivity contribution in [1.29, 1.82) is 15.9 Å². The Kier molecular flexibility index (Phi) is 24.7. The maximum Gasteiger partial charge on any atom is 0.254 e. The summed E-state index contributed by atoms with van der Waals surface area (Å²) in [6.07, 6.45) is 14.5. The van der Waals surface area contributed by atoms with Crippen molar-refractivity contribution in [3.63, 3.8) is 0 Å². The van der Waals surface area contributed by atoms with E-state index < -0.39 is 18.1 Å². The summed E-state index contributed by atoms with van der Waals surface area (Å²) in [6, 6.07) is 59.5. The first-order chi connectivity index (χ1) is 46.4. The molecular weight excluding hydrogens is 1190 g/mol. The third-order valence-corrected chi connectivity index (χ3v) is 19.8. The topological polar surface area (TPSA) is 221 Å². The van der Waals surface area contributed by atoms with E-state index in [-0.39, 0.29) is 23.6 Å². The summed E-state index contributed by atoms with van der Waals surface area (Å²) in [7, 11) is 7.69. The lowest BCUT2D eigenvalue weighted by Crippen LogP contribution is -2.47. The number of nitriles is 2. The zero-order valence-corrected chi connectivity index (χ0v) is 57.4. The first-order valence-electron chi connectivity index (χ1n) is 34.3. The van der Waals surface area contributed by atoms with Crippen LogP contribution in [0.1, 0.15) is 156 Å². The molecule has 5 aliphatic heterocycles. The van der Waals surface area contributed by atoms with Crippen LogP contribution in [0.3, 0.4) is 0 Å². The summed E-state index contributed by atoms with van der Waals surface area (Å²) in [5.41, 5.74) is 23.3. The highest BCUT2D eigenvalue weighted by Gasteiger charge is 2.39. The van der Waals surface area contributed by atoms with Gasteiger partial charge in [0.25, 0.3) is 17.7 Å². The molecule has 2 fully saturated rings. The van der Waals surface area contributed by atoms with Gasteiger partial charge in [-0.15, -0.1) is 0 Å². The number of hydrogen-bond acceptors (Lipinski definition) is 13. The van der Waals surface area contributed by atoms with Crippen LogP contribution in [-0.4, -0.2) is 112 Å². The Morgan fingerprint density at radius 1 is 0.500 bits per heavy atom. The van der Waals surface area contributed by atoms with Crippen molar-refractivity contribution in [2.24, 2.45) is 5.73 Å². The van der Waals surface area contributed by atoms with E-state index in [9.17, 15) is 19.6 Å². The van der Waals surface area contributed by atoms with Gasteiger partial charge in [0.1, 0.15) is 24.0 Å². The minimum absolute atomic E-state index is 0.0161. The number of nitrogens with zero attached hydrogens (tertiary/aromatic N) is 9. The summed E-state index contributed by atoms with van der Waals surface area (Å²) >= 11 is 0. The minimum Gasteiger partial charge on any atom is -0.397 e. The zero-order valence-electron chi connectivity index (χ0n) is 57.4. The molecule has 7 aromatic carbocycles. The fraction of sp³-hybridized carbons (Fsp3) is 0.392. The summed E-state index contributed by atoms with van der Waals surface area (Å²) < 4.78 is 0. The average Bonchev–Trinajstić information content (AvgIpc) is 0.778. The monoisotopic (exact) mass is 1290 g/mol. The lowest BCUT2D eigenvalue weighted by atomic mass is 9.96. The van der Waals surface area contributed by atoms with Crippen LogP contribution < -0.4 is 46.6 Å². The van der Waals surface area contributed by atoms with Crippen LogP contribution in [0.25, 0.3) is 0 Å². The fourth-order valence-electron chi connectivity index (χ4n) is 14.6. The van der Waals surface area contributed by atoms with E-state index in [1.165, 1.54) is 51.4 Å². The number of carbonyl (C=O) groups is 3. The number of amidine groups is 1. The summed E-state index contributed by atoms with van der Waals surface area (Å²) in [4.78, 5) is 55.1. The number of nitrogens with two attached hydrogens (primary N) is 2. The smallest absolute Gasteiger partial charge is 0.254 e. The number of benzene rings is 7. The molecule has 0 saturated carbocycles. The predicted octanol–water partition coefficient (Wildman–Crippen LogP) is 14.4. The van der Waals surface area contributed by atoms with Crippen molar-refractivity contribution in [3.05, 3.63) is 203 Å². The van der Waals surface area contributed by atoms with Crippen LogP contribution >= 0.6 is 0 Å². The second-order valence-electron chi connectivity index (χ2n) is 26.2. The van der Waals surface area contributed by atoms with Gasteiger partial charge in [0.15, 0.2) is 0 Å². The molecule has 5 heterocycles. The number of anilines is 8. The summed E-state index contributed by atoms with van der Waals surface area (Å²) in [6.45, 7) is 13.2. The van der Waals surface area contributed by atoms with Gasteiger partial charge < -0.3 is 46.6 Å². The highest BCUT2D eigenvalue weighted by atomic mass is 16.2. The molecule has 7 atom stereocenters. The van der Waals surface area contributed by atoms with Gasteiger partial charge in [0, 0.05) is 71.0 Å². The molecule has 0 radical (unpaired) electrons. The van der Waals surface area contributed by atoms with Gasteiger partial charge in [-0.25, -0.2) is 0 Å². The highest BCUT2D eigenvalue weighted by molar-refractivity contribution is 6.07. The van der Waals surface area contributed by atoms with Gasteiger partial charge in [0.2, 0.25) is 0 Å². The molecular formula is C79H98N14O3. The van der Waals surface area contributed by atoms with Crippen LogP contribution in [0.15, 0.2) is 170 Å². The van der Waals surface area contributed by atoms with E-state index >= 15 is 0 Å². The summed E-state index contributed by atoms with van der Waals surface area (Å²) in [5.74, 6) is 0.105. The molecule has 17 heteroatoms. The number of likely N-dealkylation sites (tertiary alicyclic amines) is 2. The van der Waals surface area contributed by atoms with E-state index in [0.29, 0.717) is 40.9 Å². The Morgan fingerprint density at radius 3 is 1.34 bits per heavy atom. The third kappa shape index (κ3) is 16.9. The Balaban J connectivity index is 0.000000162. The molecule has 0 bridgehead atoms. The molecule has 7 aromatic rings. The van der Waals surface area contributed by atoms with Crippen molar-refractivity contribution in [2.45, 2.75) is 147 Å². The van der Waals surface area contributed by atoms with Crippen LogP contribution in [0.5, 0.6) is 0 Å². The standard InChI is InChI=1S/C28H39N5O.C28H36N4O.C16H13N3O.C7H10N2/c1-20-11-9-12-21(2)32(20)17-7-4-8-18-33-25-16-6-5-15-24(25)31(3)26(28(33)34)22-13-10-14-23(19-22)27(29)30;1-21-11-9-12-22(2)31(21)17-7-4-8-18-32-26-16-6-5-15-25(26)30(3)27(28(32)33)24-14-10-13-23(19-24)20-29;1-19-14-8-3-2-7-13(14)18-16(20)15(19)12-6-4-5-11(9-12)10-17;1-9-7-5-3-2-4-6(7)8/h5-6,10,13-16,19-21,26H,4,7-9,11-12,17-18H2,1-3H3,(H3,29,30);5-6,10,13-16,19,21-22,27H,4,7-9,11-12,17-18H2,1-3H3;2-9,15H,1H3,(H,18,20);2-5,9H,8H2,1H3/t20-,21+,26?;;;. The normalized spacial score (nSPS) is 20.6.